The van der Waals surface area contributed by atoms with Crippen molar-refractivity contribution in [2.24, 2.45) is 0 Å². The molecule has 4 heterocycles. The number of aromatic nitrogens is 4. The molecule has 0 saturated carbocycles. The first-order chi connectivity index (χ1) is 11.6. The largest absolute Gasteiger partial charge is 0.354 e. The lowest BCUT2D eigenvalue weighted by Gasteiger charge is -2.28. The predicted octanol–water partition coefficient (Wildman–Crippen LogP) is -1.72. The van der Waals surface area contributed by atoms with Crippen molar-refractivity contribution in [2.45, 2.75) is 18.9 Å². The van der Waals surface area contributed by atoms with Crippen molar-refractivity contribution >= 4 is 23.4 Å². The van der Waals surface area contributed by atoms with Gasteiger partial charge in [-0.1, -0.05) is 0 Å². The number of piperidine rings is 1. The summed E-state index contributed by atoms with van der Waals surface area (Å²) in [6.45, 7) is 3.43. The van der Waals surface area contributed by atoms with E-state index < -0.39 is 17.6 Å². The van der Waals surface area contributed by atoms with Crippen LogP contribution in [0.3, 0.4) is 0 Å². The molecule has 2 saturated heterocycles. The van der Waals surface area contributed by atoms with Crippen LogP contribution in [0, 0.1) is 0 Å². The van der Waals surface area contributed by atoms with E-state index in [4.69, 9.17) is 0 Å². The summed E-state index contributed by atoms with van der Waals surface area (Å²) in [6, 6.07) is 0.996. The number of amides is 2. The lowest BCUT2D eigenvalue weighted by atomic mass is 10.1. The van der Waals surface area contributed by atoms with Crippen LogP contribution < -0.4 is 21.2 Å². The lowest BCUT2D eigenvalue weighted by Crippen LogP contribution is -2.44. The van der Waals surface area contributed by atoms with Crippen molar-refractivity contribution in [1.29, 1.82) is 0 Å². The van der Waals surface area contributed by atoms with Crippen LogP contribution >= 0.6 is 0 Å². The van der Waals surface area contributed by atoms with Crippen LogP contribution in [0.25, 0.3) is 5.78 Å². The van der Waals surface area contributed by atoms with Crippen LogP contribution in [0.4, 0.5) is 5.82 Å². The molecule has 0 aromatic carbocycles. The summed E-state index contributed by atoms with van der Waals surface area (Å²) in [6.07, 6.45) is 2.08. The number of fused-ring (bicyclic) bond motifs is 1. The van der Waals surface area contributed by atoms with E-state index in [1.165, 1.54) is 4.40 Å². The molecule has 2 aromatic heterocycles. The van der Waals surface area contributed by atoms with Gasteiger partial charge in [0.2, 0.25) is 5.91 Å². The number of imide groups is 1. The molecular weight excluding hydrogens is 314 g/mol. The maximum atomic E-state index is 12.5. The highest BCUT2D eigenvalue weighted by atomic mass is 16.2. The van der Waals surface area contributed by atoms with Gasteiger partial charge in [0.15, 0.2) is 0 Å². The molecule has 2 N–H and O–H groups in total. The van der Waals surface area contributed by atoms with Crippen molar-refractivity contribution < 1.29 is 9.59 Å². The lowest BCUT2D eigenvalue weighted by molar-refractivity contribution is -0.136. The Labute approximate surface area is 136 Å². The zero-order chi connectivity index (χ0) is 16.7. The van der Waals surface area contributed by atoms with E-state index in [-0.39, 0.29) is 24.5 Å². The van der Waals surface area contributed by atoms with Gasteiger partial charge in [0.05, 0.1) is 0 Å². The zero-order valence-electron chi connectivity index (χ0n) is 12.9. The summed E-state index contributed by atoms with van der Waals surface area (Å²) in [5, 5.41) is 9.72. The Kier molecular flexibility index (Phi) is 3.53. The van der Waals surface area contributed by atoms with E-state index in [1.54, 1.807) is 12.3 Å². The van der Waals surface area contributed by atoms with Gasteiger partial charge < -0.3 is 10.2 Å². The highest BCUT2D eigenvalue weighted by Crippen LogP contribution is 2.17. The molecule has 0 aliphatic carbocycles. The Morgan fingerprint density at radius 1 is 1.17 bits per heavy atom. The van der Waals surface area contributed by atoms with Gasteiger partial charge in [-0.3, -0.25) is 14.9 Å². The minimum Gasteiger partial charge on any atom is -0.354 e. The second-order valence-corrected chi connectivity index (χ2v) is 5.89. The van der Waals surface area contributed by atoms with Gasteiger partial charge in [-0.25, -0.2) is 9.20 Å². The standard InChI is InChI=1S/C14H17N7O3/c22-11-2-1-9(12(23)17-11)21-14(24)20-6-3-10(16-13(20)18-21)19-7-4-15-5-8-19/h3,6,9,15H,1-2,4-5,7-8H2,(H,17,22,23). The number of carbonyl (C=O) groups is 2. The molecular formula is C14H17N7O3. The average molecular weight is 331 g/mol. The Balaban J connectivity index is 1.70. The average Bonchev–Trinajstić information content (AvgIpc) is 2.92. The van der Waals surface area contributed by atoms with Crippen molar-refractivity contribution in [2.75, 3.05) is 31.1 Å². The summed E-state index contributed by atoms with van der Waals surface area (Å²) in [4.78, 5) is 42.3. The number of nitrogens with one attached hydrogen (secondary N) is 2. The van der Waals surface area contributed by atoms with E-state index in [9.17, 15) is 14.4 Å². The molecule has 0 spiro atoms. The molecule has 2 aromatic rings. The van der Waals surface area contributed by atoms with Crippen LogP contribution in [-0.2, 0) is 9.59 Å². The normalized spacial score (nSPS) is 22.0. The van der Waals surface area contributed by atoms with Crippen LogP contribution in [0.1, 0.15) is 18.9 Å². The number of rotatable bonds is 2. The number of hydrogen-bond donors (Lipinski definition) is 2. The van der Waals surface area contributed by atoms with E-state index in [2.05, 4.69) is 25.6 Å². The molecule has 2 aliphatic heterocycles. The zero-order valence-corrected chi connectivity index (χ0v) is 12.9. The fourth-order valence-corrected chi connectivity index (χ4v) is 3.06. The molecule has 1 atom stereocenters. The van der Waals surface area contributed by atoms with Gasteiger partial charge >= 0.3 is 5.69 Å². The molecule has 2 amide bonds. The topological polar surface area (TPSA) is 114 Å². The maximum Gasteiger partial charge on any atom is 0.352 e. The SMILES string of the molecule is O=C1CCC(n2nc3nc(N4CCNCC4)ccn3c2=O)C(=O)N1. The van der Waals surface area contributed by atoms with Crippen LogP contribution in [0.5, 0.6) is 0 Å². The van der Waals surface area contributed by atoms with Gasteiger partial charge in [-0.05, 0) is 12.5 Å². The van der Waals surface area contributed by atoms with E-state index in [1.807, 2.05) is 0 Å². The van der Waals surface area contributed by atoms with Gasteiger partial charge in [-0.2, -0.15) is 9.67 Å². The van der Waals surface area contributed by atoms with E-state index >= 15 is 0 Å². The molecule has 0 bridgehead atoms. The molecule has 2 fully saturated rings. The molecule has 0 radical (unpaired) electrons. The quantitative estimate of drug-likeness (QED) is 0.629. The number of nitrogens with zero attached hydrogens (tertiary/aromatic N) is 5. The number of piperazine rings is 1. The summed E-state index contributed by atoms with van der Waals surface area (Å²) < 4.78 is 2.43. The minimum absolute atomic E-state index is 0.191. The summed E-state index contributed by atoms with van der Waals surface area (Å²) in [7, 11) is 0. The van der Waals surface area contributed by atoms with Crippen LogP contribution in [0.15, 0.2) is 17.1 Å². The third kappa shape index (κ3) is 2.44. The number of carbonyl (C=O) groups excluding carboxylic acids is 2. The van der Waals surface area contributed by atoms with Crippen LogP contribution in [0.2, 0.25) is 0 Å². The van der Waals surface area contributed by atoms with Crippen molar-refractivity contribution in [3.05, 3.63) is 22.7 Å². The highest BCUT2D eigenvalue weighted by molar-refractivity contribution is 5.99. The van der Waals surface area contributed by atoms with E-state index in [0.29, 0.717) is 0 Å². The molecule has 126 valence electrons. The first-order valence-electron chi connectivity index (χ1n) is 7.91. The molecule has 4 rings (SSSR count). The maximum absolute atomic E-state index is 12.5. The van der Waals surface area contributed by atoms with E-state index in [0.717, 1.165) is 36.7 Å². The smallest absolute Gasteiger partial charge is 0.352 e. The van der Waals surface area contributed by atoms with Crippen molar-refractivity contribution in [1.82, 2.24) is 29.8 Å². The fourth-order valence-electron chi connectivity index (χ4n) is 3.06. The predicted molar refractivity (Wildman–Crippen MR) is 83.8 cm³/mol. The third-order valence-electron chi connectivity index (χ3n) is 4.35. The Morgan fingerprint density at radius 3 is 2.71 bits per heavy atom. The third-order valence-corrected chi connectivity index (χ3v) is 4.35. The Hall–Kier alpha value is -2.75. The second kappa shape index (κ2) is 5.71. The van der Waals surface area contributed by atoms with Gasteiger partial charge in [-0.15, -0.1) is 5.10 Å². The van der Waals surface area contributed by atoms with Gasteiger partial charge in [0.25, 0.3) is 11.7 Å². The molecule has 2 aliphatic rings. The first-order valence-corrected chi connectivity index (χ1v) is 7.91. The van der Waals surface area contributed by atoms with Gasteiger partial charge in [0.1, 0.15) is 11.9 Å². The Morgan fingerprint density at radius 2 is 1.96 bits per heavy atom. The van der Waals surface area contributed by atoms with Crippen molar-refractivity contribution in [3.8, 4) is 0 Å². The molecule has 1 unspecified atom stereocenters. The molecule has 24 heavy (non-hydrogen) atoms. The molecule has 10 nitrogen and oxygen atoms in total. The summed E-state index contributed by atoms with van der Waals surface area (Å²) in [5.74, 6) is 0.177. The number of hydrogen-bond acceptors (Lipinski definition) is 7. The summed E-state index contributed by atoms with van der Waals surface area (Å²) >= 11 is 0. The fraction of sp³-hybridized carbons (Fsp3) is 0.500. The summed E-state index contributed by atoms with van der Waals surface area (Å²) in [5.41, 5.74) is -0.432. The highest BCUT2D eigenvalue weighted by Gasteiger charge is 2.31. The van der Waals surface area contributed by atoms with Crippen molar-refractivity contribution in [3.63, 3.8) is 0 Å². The minimum atomic E-state index is -0.778. The molecule has 10 heteroatoms. The van der Waals surface area contributed by atoms with Crippen LogP contribution in [-0.4, -0.2) is 57.2 Å². The second-order valence-electron chi connectivity index (χ2n) is 5.89. The first kappa shape index (κ1) is 14.8. The number of anilines is 1. The van der Waals surface area contributed by atoms with Gasteiger partial charge in [0, 0.05) is 38.8 Å². The Bertz CT molecular complexity index is 865. The monoisotopic (exact) mass is 331 g/mol.